The smallest absolute Gasteiger partial charge is 0.325 e. The molecule has 0 fully saturated rings. The monoisotopic (exact) mass is 392 g/mol. The number of esters is 1. The summed E-state index contributed by atoms with van der Waals surface area (Å²) in [6, 6.07) is 5.70. The summed E-state index contributed by atoms with van der Waals surface area (Å²) in [5.74, 6) is -0.263. The maximum Gasteiger partial charge on any atom is 0.325 e. The molecule has 0 unspecified atom stereocenters. The first-order valence-electron chi connectivity index (χ1n) is 7.60. The Morgan fingerprint density at radius 2 is 1.91 bits per heavy atom. The van der Waals surface area contributed by atoms with Crippen LogP contribution in [0.2, 0.25) is 0 Å². The molecule has 0 atom stereocenters. The molecule has 0 saturated heterocycles. The fourth-order valence-corrected chi connectivity index (χ4v) is 14.4. The number of carbonyl (C=O) groups excluding carboxylic acids is 1. The van der Waals surface area contributed by atoms with E-state index in [4.69, 9.17) is 21.3 Å². The van der Waals surface area contributed by atoms with Crippen LogP contribution in [-0.2, 0) is 27.9 Å². The highest BCUT2D eigenvalue weighted by molar-refractivity contribution is 9.00. The van der Waals surface area contributed by atoms with Crippen LogP contribution in [0.25, 0.3) is 0 Å². The Morgan fingerprint density at radius 1 is 1.30 bits per heavy atom. The molecule has 0 radical (unpaired) electrons. The van der Waals surface area contributed by atoms with Gasteiger partial charge in [0.2, 0.25) is 0 Å². The van der Waals surface area contributed by atoms with E-state index in [-0.39, 0.29) is 12.5 Å². The Morgan fingerprint density at radius 3 is 2.43 bits per heavy atom. The zero-order chi connectivity index (χ0) is 17.5. The van der Waals surface area contributed by atoms with E-state index in [2.05, 4.69) is 27.7 Å². The highest BCUT2D eigenvalue weighted by Gasteiger charge is 2.21. The first-order chi connectivity index (χ1) is 10.8. The van der Waals surface area contributed by atoms with Gasteiger partial charge in [0.15, 0.2) is 4.59 Å². The van der Waals surface area contributed by atoms with Gasteiger partial charge in [0.05, 0.1) is 6.61 Å². The van der Waals surface area contributed by atoms with Gasteiger partial charge in [-0.1, -0.05) is 56.5 Å². The van der Waals surface area contributed by atoms with Crippen molar-refractivity contribution in [3.8, 4) is 0 Å². The number of hydrogen-bond donors (Lipinski definition) is 0. The normalized spacial score (nSPS) is 12.9. The van der Waals surface area contributed by atoms with Crippen LogP contribution < -0.4 is 5.49 Å². The molecule has 1 aromatic heterocycles. The van der Waals surface area contributed by atoms with E-state index in [0.29, 0.717) is 17.1 Å². The molecule has 0 aromatic carbocycles. The minimum absolute atomic E-state index is 0.154. The maximum atomic E-state index is 11.8. The van der Waals surface area contributed by atoms with E-state index >= 15 is 0 Å². The minimum Gasteiger partial charge on any atom is -0.465 e. The quantitative estimate of drug-likeness (QED) is 0.483. The lowest BCUT2D eigenvalue weighted by molar-refractivity contribution is -0.143. The Balaban J connectivity index is 3.21. The second kappa shape index (κ2) is 9.92. The van der Waals surface area contributed by atoms with E-state index in [0.717, 1.165) is 5.49 Å². The summed E-state index contributed by atoms with van der Waals surface area (Å²) in [5.41, 5.74) is 0.741. The summed E-state index contributed by atoms with van der Waals surface area (Å²) in [6.07, 6.45) is 1.84. The summed E-state index contributed by atoms with van der Waals surface area (Å²) in [7, 11) is 0. The van der Waals surface area contributed by atoms with E-state index < -0.39 is 4.59 Å². The molecular formula is C15H25N2O2PS3. The number of pyridine rings is 1. The fraction of sp³-hybridized carbons (Fsp3) is 0.600. The van der Waals surface area contributed by atoms with E-state index in [1.165, 1.54) is 0 Å². The SMILES string of the molecule is CCOC(=O)Cn1cccc/c1=N\P(=S)(SC(C)C)SC(C)C. The molecule has 1 heterocycles. The standard InChI is InChI=1S/C15H25N2O2PS3/c1-6-19-15(18)11-17-10-8-7-9-14(17)16-20(21,22-12(2)3)23-13(4)5/h7-10,12-13H,6,11H2,1-5H3/b16-14+. The van der Waals surface area contributed by atoms with Gasteiger partial charge in [-0.25, -0.2) is 4.76 Å². The molecule has 1 aromatic rings. The van der Waals surface area contributed by atoms with Crippen LogP contribution in [0.3, 0.4) is 0 Å². The molecule has 8 heteroatoms. The first kappa shape index (κ1) is 20.8. The Kier molecular flexibility index (Phi) is 8.98. The van der Waals surface area contributed by atoms with E-state index in [1.54, 1.807) is 34.3 Å². The minimum atomic E-state index is -2.02. The van der Waals surface area contributed by atoms with Gasteiger partial charge in [0, 0.05) is 16.7 Å². The maximum absolute atomic E-state index is 11.8. The van der Waals surface area contributed by atoms with Crippen molar-refractivity contribution in [3.05, 3.63) is 29.9 Å². The third-order valence-electron chi connectivity index (χ3n) is 2.43. The molecule has 4 nitrogen and oxygen atoms in total. The molecule has 23 heavy (non-hydrogen) atoms. The lowest BCUT2D eigenvalue weighted by Crippen LogP contribution is -2.25. The molecule has 1 rings (SSSR count). The van der Waals surface area contributed by atoms with Crippen LogP contribution in [0.4, 0.5) is 0 Å². The number of aromatic nitrogens is 1. The van der Waals surface area contributed by atoms with Crippen LogP contribution >= 0.6 is 27.4 Å². The van der Waals surface area contributed by atoms with Crippen molar-refractivity contribution in [2.24, 2.45) is 4.76 Å². The van der Waals surface area contributed by atoms with Crippen LogP contribution in [-0.4, -0.2) is 27.6 Å². The van der Waals surface area contributed by atoms with Crippen molar-refractivity contribution in [1.29, 1.82) is 0 Å². The highest BCUT2D eigenvalue weighted by Crippen LogP contribution is 2.72. The zero-order valence-electron chi connectivity index (χ0n) is 14.3. The number of hydrogen-bond acceptors (Lipinski definition) is 5. The number of nitrogens with zero attached hydrogens (tertiary/aromatic N) is 2. The largest absolute Gasteiger partial charge is 0.465 e. The van der Waals surface area contributed by atoms with Crippen LogP contribution in [0.15, 0.2) is 29.2 Å². The second-order valence-electron chi connectivity index (χ2n) is 5.37. The predicted molar refractivity (Wildman–Crippen MR) is 106 cm³/mol. The van der Waals surface area contributed by atoms with Crippen LogP contribution in [0.5, 0.6) is 0 Å². The fourth-order valence-electron chi connectivity index (χ4n) is 1.77. The van der Waals surface area contributed by atoms with Gasteiger partial charge >= 0.3 is 5.97 Å². The molecule has 130 valence electrons. The molecule has 0 aliphatic carbocycles. The highest BCUT2D eigenvalue weighted by atomic mass is 33.2. The summed E-state index contributed by atoms with van der Waals surface area (Å²) in [5, 5.41) is 0.830. The summed E-state index contributed by atoms with van der Waals surface area (Å²) in [4.78, 5) is 11.8. The van der Waals surface area contributed by atoms with Gasteiger partial charge in [-0.15, -0.1) is 0 Å². The van der Waals surface area contributed by atoms with Crippen molar-refractivity contribution in [3.63, 3.8) is 0 Å². The van der Waals surface area contributed by atoms with Crippen molar-refractivity contribution >= 4 is 45.1 Å². The number of rotatable bonds is 8. The van der Waals surface area contributed by atoms with Crippen molar-refractivity contribution in [1.82, 2.24) is 4.57 Å². The molecule has 0 bridgehead atoms. The van der Waals surface area contributed by atoms with Gasteiger partial charge in [0.1, 0.15) is 12.0 Å². The summed E-state index contributed by atoms with van der Waals surface area (Å²) >= 11 is 9.41. The first-order valence-corrected chi connectivity index (χ1v) is 13.3. The average molecular weight is 393 g/mol. The third-order valence-corrected chi connectivity index (χ3v) is 12.2. The molecule has 0 amide bonds. The summed E-state index contributed by atoms with van der Waals surface area (Å²) < 4.78 is 9.71. The van der Waals surface area contributed by atoms with Gasteiger partial charge in [0.25, 0.3) is 0 Å². The Bertz CT molecular complexity index is 615. The summed E-state index contributed by atoms with van der Waals surface area (Å²) in [6.45, 7) is 10.9. The zero-order valence-corrected chi connectivity index (χ0v) is 17.6. The predicted octanol–water partition coefficient (Wildman–Crippen LogP) is 4.46. The van der Waals surface area contributed by atoms with Crippen LogP contribution in [0, 0.1) is 0 Å². The van der Waals surface area contributed by atoms with Gasteiger partial charge < -0.3 is 9.30 Å². The molecule has 0 spiro atoms. The van der Waals surface area contributed by atoms with Crippen molar-refractivity contribution in [2.45, 2.75) is 51.7 Å². The van der Waals surface area contributed by atoms with E-state index in [9.17, 15) is 4.79 Å². The second-order valence-corrected chi connectivity index (χ2v) is 16.9. The van der Waals surface area contributed by atoms with Gasteiger partial charge in [-0.2, -0.15) is 0 Å². The van der Waals surface area contributed by atoms with Crippen LogP contribution in [0.1, 0.15) is 34.6 Å². The molecular weight excluding hydrogens is 367 g/mol. The lowest BCUT2D eigenvalue weighted by atomic mass is 10.4. The van der Waals surface area contributed by atoms with Gasteiger partial charge in [-0.05, 0) is 30.9 Å². The molecule has 0 aliphatic heterocycles. The van der Waals surface area contributed by atoms with Gasteiger partial charge in [-0.3, -0.25) is 4.79 Å². The van der Waals surface area contributed by atoms with E-state index in [1.807, 2.05) is 24.4 Å². The Hall–Kier alpha value is -0.230. The topological polar surface area (TPSA) is 43.6 Å². The lowest BCUT2D eigenvalue weighted by Gasteiger charge is -2.20. The molecule has 0 aliphatic rings. The molecule has 0 N–H and O–H groups in total. The Labute approximate surface area is 152 Å². The molecule has 0 saturated carbocycles. The number of carbonyl (C=O) groups is 1. The number of ether oxygens (including phenoxy) is 1. The third kappa shape index (κ3) is 7.92. The average Bonchev–Trinajstić information content (AvgIpc) is 2.39. The van der Waals surface area contributed by atoms with Crippen molar-refractivity contribution < 1.29 is 9.53 Å². The van der Waals surface area contributed by atoms with Crippen molar-refractivity contribution in [2.75, 3.05) is 6.61 Å².